The van der Waals surface area contributed by atoms with Crippen LogP contribution in [-0.2, 0) is 0 Å². The first-order valence-corrected chi connectivity index (χ1v) is 14.2. The minimum atomic E-state index is 0.594. The lowest BCUT2D eigenvalue weighted by atomic mass is 10.00. The fourth-order valence-corrected chi connectivity index (χ4v) is 6.10. The second kappa shape index (κ2) is 9.29. The molecule has 0 N–H and O–H groups in total. The van der Waals surface area contributed by atoms with E-state index in [0.29, 0.717) is 17.5 Å². The molecule has 0 aliphatic heterocycles. The van der Waals surface area contributed by atoms with Crippen molar-refractivity contribution in [2.24, 2.45) is 0 Å². The smallest absolute Gasteiger partial charge is 0.164 e. The molecule has 0 aliphatic rings. The van der Waals surface area contributed by atoms with Gasteiger partial charge < -0.3 is 4.42 Å². The van der Waals surface area contributed by atoms with Crippen molar-refractivity contribution in [3.8, 4) is 34.2 Å². The molecule has 9 rings (SSSR count). The summed E-state index contributed by atoms with van der Waals surface area (Å²) in [5.41, 5.74) is 4.26. The normalized spacial score (nSPS) is 11.7. The van der Waals surface area contributed by atoms with Crippen LogP contribution in [0.15, 0.2) is 138 Å². The third kappa shape index (κ3) is 3.86. The van der Waals surface area contributed by atoms with Gasteiger partial charge in [-0.25, -0.2) is 15.0 Å². The van der Waals surface area contributed by atoms with Crippen molar-refractivity contribution in [3.63, 3.8) is 0 Å². The van der Waals surface area contributed by atoms with E-state index in [9.17, 15) is 0 Å². The molecule has 43 heavy (non-hydrogen) atoms. The molecule has 0 spiro atoms. The maximum atomic E-state index is 6.14. The van der Waals surface area contributed by atoms with Crippen LogP contribution in [0.1, 0.15) is 0 Å². The van der Waals surface area contributed by atoms with E-state index < -0.39 is 0 Å². The largest absolute Gasteiger partial charge is 0.454 e. The van der Waals surface area contributed by atoms with E-state index in [1.807, 2.05) is 24.3 Å². The number of benzene rings is 6. The number of rotatable bonds is 3. The van der Waals surface area contributed by atoms with Gasteiger partial charge in [-0.2, -0.15) is 0 Å². The van der Waals surface area contributed by atoms with Crippen LogP contribution in [0.2, 0.25) is 0 Å². The van der Waals surface area contributed by atoms with Crippen LogP contribution in [0.25, 0.3) is 88.4 Å². The molecule has 6 aromatic carbocycles. The Bertz CT molecular complexity index is 2530. The zero-order valence-electron chi connectivity index (χ0n) is 22.9. The number of pyridine rings is 1. The summed E-state index contributed by atoms with van der Waals surface area (Å²) in [4.78, 5) is 19.5. The summed E-state index contributed by atoms with van der Waals surface area (Å²) in [6, 6.07) is 41.9. The van der Waals surface area contributed by atoms with Crippen LogP contribution >= 0.6 is 0 Å². The lowest BCUT2D eigenvalue weighted by Crippen LogP contribution is -2.00. The summed E-state index contributed by atoms with van der Waals surface area (Å²) in [5.74, 6) is 1.84. The van der Waals surface area contributed by atoms with Crippen molar-refractivity contribution in [3.05, 3.63) is 134 Å². The van der Waals surface area contributed by atoms with Crippen LogP contribution in [0.3, 0.4) is 0 Å². The highest BCUT2D eigenvalue weighted by Crippen LogP contribution is 2.37. The van der Waals surface area contributed by atoms with Gasteiger partial charge >= 0.3 is 0 Å². The van der Waals surface area contributed by atoms with Crippen molar-refractivity contribution in [2.75, 3.05) is 0 Å². The van der Waals surface area contributed by atoms with Gasteiger partial charge in [-0.3, -0.25) is 4.98 Å². The minimum absolute atomic E-state index is 0.594. The Hall–Kier alpha value is -5.94. The Morgan fingerprint density at radius 2 is 1.12 bits per heavy atom. The molecule has 0 fully saturated rings. The lowest BCUT2D eigenvalue weighted by molar-refractivity contribution is 0.667. The highest BCUT2D eigenvalue weighted by atomic mass is 16.3. The summed E-state index contributed by atoms with van der Waals surface area (Å²) in [6.07, 6.45) is 3.53. The molecule has 0 bridgehead atoms. The number of nitrogens with zero attached hydrogens (tertiary/aromatic N) is 4. The molecule has 0 amide bonds. The Morgan fingerprint density at radius 3 is 2.00 bits per heavy atom. The maximum Gasteiger partial charge on any atom is 0.164 e. The van der Waals surface area contributed by atoms with Crippen molar-refractivity contribution in [2.45, 2.75) is 0 Å². The molecule has 0 radical (unpaired) electrons. The number of furan rings is 1. The monoisotopic (exact) mass is 550 g/mol. The van der Waals surface area contributed by atoms with Gasteiger partial charge in [0.1, 0.15) is 5.58 Å². The Labute approximate surface area is 246 Å². The van der Waals surface area contributed by atoms with E-state index in [2.05, 4.69) is 102 Å². The molecular formula is C38H22N4O. The molecule has 5 nitrogen and oxygen atoms in total. The molecule has 200 valence electrons. The lowest BCUT2D eigenvalue weighted by Gasteiger charge is -2.11. The third-order valence-electron chi connectivity index (χ3n) is 8.19. The first-order valence-electron chi connectivity index (χ1n) is 14.2. The molecule has 3 aromatic heterocycles. The second-order valence-corrected chi connectivity index (χ2v) is 10.7. The van der Waals surface area contributed by atoms with Crippen LogP contribution in [0, 0.1) is 0 Å². The van der Waals surface area contributed by atoms with Crippen molar-refractivity contribution < 1.29 is 4.42 Å². The highest BCUT2D eigenvalue weighted by molar-refractivity contribution is 6.12. The molecule has 0 saturated heterocycles. The molecule has 5 heteroatoms. The first-order chi connectivity index (χ1) is 21.3. The fraction of sp³-hybridized carbons (Fsp3) is 0. The van der Waals surface area contributed by atoms with Crippen molar-refractivity contribution >= 4 is 54.3 Å². The molecule has 0 unspecified atom stereocenters. The Morgan fingerprint density at radius 1 is 0.442 bits per heavy atom. The van der Waals surface area contributed by atoms with Crippen molar-refractivity contribution in [1.82, 2.24) is 19.9 Å². The predicted octanol–water partition coefficient (Wildman–Crippen LogP) is 9.63. The highest BCUT2D eigenvalue weighted by Gasteiger charge is 2.18. The van der Waals surface area contributed by atoms with Crippen LogP contribution in [-0.4, -0.2) is 19.9 Å². The molecule has 3 heterocycles. The van der Waals surface area contributed by atoms with Gasteiger partial charge in [0.25, 0.3) is 0 Å². The average molecular weight is 551 g/mol. The van der Waals surface area contributed by atoms with E-state index in [1.54, 1.807) is 12.4 Å². The van der Waals surface area contributed by atoms with E-state index in [4.69, 9.17) is 19.4 Å². The summed E-state index contributed by atoms with van der Waals surface area (Å²) < 4.78 is 6.14. The molecule has 0 atom stereocenters. The standard InChI is InChI=1S/C38H22N4O/c1-2-8-25-20-27(15-12-23(25)6-1)36-40-37(28-16-17-30-26(21-28)14-13-24-7-3-4-9-29(24)30)42-38(41-36)32-10-5-11-33-35(32)31-18-19-39-22-34(31)43-33/h1-22H. The molecule has 0 saturated carbocycles. The number of fused-ring (bicyclic) bond motifs is 7. The molecular weight excluding hydrogens is 528 g/mol. The number of aromatic nitrogens is 4. The summed E-state index contributed by atoms with van der Waals surface area (Å²) in [7, 11) is 0. The Kier molecular flexibility index (Phi) is 5.13. The second-order valence-electron chi connectivity index (χ2n) is 10.7. The van der Waals surface area contributed by atoms with Gasteiger partial charge in [0.15, 0.2) is 23.1 Å². The maximum absolute atomic E-state index is 6.14. The number of hydrogen-bond donors (Lipinski definition) is 0. The topological polar surface area (TPSA) is 64.7 Å². The van der Waals surface area contributed by atoms with E-state index in [0.717, 1.165) is 49.4 Å². The summed E-state index contributed by atoms with van der Waals surface area (Å²) in [5, 5.41) is 9.04. The van der Waals surface area contributed by atoms with Crippen LogP contribution < -0.4 is 0 Å². The SMILES string of the molecule is c1ccc2cc(-c3nc(-c4ccc5c(ccc6ccccc65)c4)nc(-c4cccc5oc6cnccc6c45)n3)ccc2c1. The summed E-state index contributed by atoms with van der Waals surface area (Å²) >= 11 is 0. The zero-order valence-corrected chi connectivity index (χ0v) is 22.9. The predicted molar refractivity (Wildman–Crippen MR) is 174 cm³/mol. The van der Waals surface area contributed by atoms with Crippen molar-refractivity contribution in [1.29, 1.82) is 0 Å². The van der Waals surface area contributed by atoms with Gasteiger partial charge in [0, 0.05) is 33.7 Å². The summed E-state index contributed by atoms with van der Waals surface area (Å²) in [6.45, 7) is 0. The van der Waals surface area contributed by atoms with Gasteiger partial charge in [-0.05, 0) is 56.6 Å². The van der Waals surface area contributed by atoms with E-state index in [1.165, 1.54) is 21.5 Å². The van der Waals surface area contributed by atoms with Gasteiger partial charge in [0.05, 0.1) is 6.20 Å². The third-order valence-corrected chi connectivity index (χ3v) is 8.19. The van der Waals surface area contributed by atoms with Gasteiger partial charge in [0.2, 0.25) is 0 Å². The minimum Gasteiger partial charge on any atom is -0.454 e. The van der Waals surface area contributed by atoms with E-state index >= 15 is 0 Å². The average Bonchev–Trinajstić information content (AvgIpc) is 3.46. The Balaban J connectivity index is 1.30. The first kappa shape index (κ1) is 23.7. The zero-order chi connectivity index (χ0) is 28.3. The van der Waals surface area contributed by atoms with E-state index in [-0.39, 0.29) is 0 Å². The quantitative estimate of drug-likeness (QED) is 0.205. The molecule has 9 aromatic rings. The van der Waals surface area contributed by atoms with Gasteiger partial charge in [-0.1, -0.05) is 97.1 Å². The van der Waals surface area contributed by atoms with Crippen LogP contribution in [0.4, 0.5) is 0 Å². The van der Waals surface area contributed by atoms with Gasteiger partial charge in [-0.15, -0.1) is 0 Å². The number of hydrogen-bond acceptors (Lipinski definition) is 5. The van der Waals surface area contributed by atoms with Crippen LogP contribution in [0.5, 0.6) is 0 Å². The fourth-order valence-electron chi connectivity index (χ4n) is 6.10. The molecule has 0 aliphatic carbocycles.